The molecular formula is C12H19N5. The Balaban J connectivity index is 1.95. The third kappa shape index (κ3) is 2.74. The summed E-state index contributed by atoms with van der Waals surface area (Å²) in [4.78, 5) is 6.58. The van der Waals surface area contributed by atoms with Crippen molar-refractivity contribution in [2.75, 3.05) is 31.5 Å². The monoisotopic (exact) mass is 233 g/mol. The third-order valence-electron chi connectivity index (χ3n) is 2.95. The number of hydrogen-bond donors (Lipinski definition) is 2. The fraction of sp³-hybridized carbons (Fsp3) is 0.500. The minimum absolute atomic E-state index is 0.831. The second kappa shape index (κ2) is 5.63. The number of hydrogen-bond acceptors (Lipinski definition) is 4. The van der Waals surface area contributed by atoms with E-state index in [0.29, 0.717) is 0 Å². The van der Waals surface area contributed by atoms with Gasteiger partial charge >= 0.3 is 0 Å². The van der Waals surface area contributed by atoms with Gasteiger partial charge in [0.25, 0.3) is 0 Å². The minimum Gasteiger partial charge on any atom is -0.367 e. The molecule has 0 saturated carbocycles. The standard InChI is InChI=1S/C12H19N5/c1-3-17(4-2)9-8-14-12-10-6-5-7-13-11(10)15-16-12/h5-7H,3-4,8-9H2,1-2H3,(H2,13,14,15,16). The molecule has 2 N–H and O–H groups in total. The quantitative estimate of drug-likeness (QED) is 0.797. The van der Waals surface area contributed by atoms with Crippen LogP contribution >= 0.6 is 0 Å². The maximum Gasteiger partial charge on any atom is 0.157 e. The molecule has 5 heteroatoms. The Kier molecular flexibility index (Phi) is 3.93. The number of aromatic amines is 1. The molecule has 0 saturated heterocycles. The van der Waals surface area contributed by atoms with E-state index in [4.69, 9.17) is 0 Å². The number of H-pyrrole nitrogens is 1. The van der Waals surface area contributed by atoms with Crippen LogP contribution in [0.3, 0.4) is 0 Å². The SMILES string of the molecule is CCN(CC)CCNc1n[nH]c2ncccc12. The highest BCUT2D eigenvalue weighted by Gasteiger charge is 2.05. The number of fused-ring (bicyclic) bond motifs is 1. The Bertz CT molecular complexity index is 461. The van der Waals surface area contributed by atoms with Gasteiger partial charge in [0.2, 0.25) is 0 Å². The zero-order chi connectivity index (χ0) is 12.1. The smallest absolute Gasteiger partial charge is 0.157 e. The highest BCUT2D eigenvalue weighted by molar-refractivity contribution is 5.86. The lowest BCUT2D eigenvalue weighted by atomic mass is 10.3. The van der Waals surface area contributed by atoms with Crippen LogP contribution in [0, 0.1) is 0 Å². The minimum atomic E-state index is 0.831. The lowest BCUT2D eigenvalue weighted by molar-refractivity contribution is 0.316. The molecule has 0 aromatic carbocycles. The van der Waals surface area contributed by atoms with Crippen LogP contribution in [-0.2, 0) is 0 Å². The average Bonchev–Trinajstić information content (AvgIpc) is 2.78. The first kappa shape index (κ1) is 11.9. The van der Waals surface area contributed by atoms with Crippen LogP contribution in [0.2, 0.25) is 0 Å². The van der Waals surface area contributed by atoms with Crippen molar-refractivity contribution in [2.45, 2.75) is 13.8 Å². The topological polar surface area (TPSA) is 56.8 Å². The van der Waals surface area contributed by atoms with Crippen molar-refractivity contribution in [2.24, 2.45) is 0 Å². The van der Waals surface area contributed by atoms with E-state index in [2.05, 4.69) is 39.2 Å². The Morgan fingerprint density at radius 3 is 2.94 bits per heavy atom. The van der Waals surface area contributed by atoms with Gasteiger partial charge in [0.1, 0.15) is 0 Å². The molecule has 2 aromatic rings. The van der Waals surface area contributed by atoms with E-state index in [9.17, 15) is 0 Å². The van der Waals surface area contributed by atoms with Crippen LogP contribution in [0.1, 0.15) is 13.8 Å². The summed E-state index contributed by atoms with van der Waals surface area (Å²) in [7, 11) is 0. The summed E-state index contributed by atoms with van der Waals surface area (Å²) in [6, 6.07) is 3.94. The maximum absolute atomic E-state index is 4.23. The lowest BCUT2D eigenvalue weighted by Gasteiger charge is -2.17. The van der Waals surface area contributed by atoms with Crippen molar-refractivity contribution in [1.29, 1.82) is 0 Å². The Labute approximate surface area is 101 Å². The molecule has 0 bridgehead atoms. The Morgan fingerprint density at radius 2 is 2.18 bits per heavy atom. The van der Waals surface area contributed by atoms with E-state index in [0.717, 1.165) is 43.0 Å². The fourth-order valence-corrected chi connectivity index (χ4v) is 1.86. The molecule has 2 aromatic heterocycles. The molecular weight excluding hydrogens is 214 g/mol. The molecule has 0 fully saturated rings. The molecule has 17 heavy (non-hydrogen) atoms. The Morgan fingerprint density at radius 1 is 1.35 bits per heavy atom. The molecule has 2 heterocycles. The number of nitrogens with zero attached hydrogens (tertiary/aromatic N) is 3. The predicted octanol–water partition coefficient (Wildman–Crippen LogP) is 1.71. The van der Waals surface area contributed by atoms with E-state index in [1.54, 1.807) is 6.20 Å². The molecule has 0 aliphatic carbocycles. The molecule has 2 rings (SSSR count). The number of likely N-dealkylation sites (N-methyl/N-ethyl adjacent to an activating group) is 1. The van der Waals surface area contributed by atoms with Gasteiger partial charge in [-0.05, 0) is 25.2 Å². The molecule has 0 atom stereocenters. The molecule has 0 aliphatic rings. The van der Waals surface area contributed by atoms with Gasteiger partial charge in [-0.1, -0.05) is 13.8 Å². The van der Waals surface area contributed by atoms with Crippen LogP contribution in [-0.4, -0.2) is 46.3 Å². The first-order chi connectivity index (χ1) is 8.35. The van der Waals surface area contributed by atoms with Crippen molar-refractivity contribution in [3.05, 3.63) is 18.3 Å². The van der Waals surface area contributed by atoms with Gasteiger partial charge in [-0.25, -0.2) is 4.98 Å². The number of anilines is 1. The molecule has 5 nitrogen and oxygen atoms in total. The van der Waals surface area contributed by atoms with Crippen LogP contribution < -0.4 is 5.32 Å². The zero-order valence-electron chi connectivity index (χ0n) is 10.4. The maximum atomic E-state index is 4.23. The molecule has 0 aliphatic heterocycles. The van der Waals surface area contributed by atoms with Gasteiger partial charge in [-0.15, -0.1) is 0 Å². The highest BCUT2D eigenvalue weighted by atomic mass is 15.2. The summed E-state index contributed by atoms with van der Waals surface area (Å²) < 4.78 is 0. The number of rotatable bonds is 6. The van der Waals surface area contributed by atoms with Crippen molar-refractivity contribution in [3.8, 4) is 0 Å². The van der Waals surface area contributed by atoms with E-state index in [1.165, 1.54) is 0 Å². The van der Waals surface area contributed by atoms with Crippen LogP contribution in [0.5, 0.6) is 0 Å². The summed E-state index contributed by atoms with van der Waals surface area (Å²) in [6.45, 7) is 8.45. The highest BCUT2D eigenvalue weighted by Crippen LogP contribution is 2.16. The van der Waals surface area contributed by atoms with Crippen LogP contribution in [0.4, 0.5) is 5.82 Å². The molecule has 0 radical (unpaired) electrons. The lowest BCUT2D eigenvalue weighted by Crippen LogP contribution is -2.28. The Hall–Kier alpha value is -1.62. The van der Waals surface area contributed by atoms with E-state index in [-0.39, 0.29) is 0 Å². The second-order valence-corrected chi connectivity index (χ2v) is 3.93. The van der Waals surface area contributed by atoms with E-state index >= 15 is 0 Å². The van der Waals surface area contributed by atoms with Crippen molar-refractivity contribution in [3.63, 3.8) is 0 Å². The van der Waals surface area contributed by atoms with Gasteiger partial charge in [0.05, 0.1) is 5.39 Å². The van der Waals surface area contributed by atoms with Crippen molar-refractivity contribution < 1.29 is 0 Å². The molecule has 0 amide bonds. The fourth-order valence-electron chi connectivity index (χ4n) is 1.86. The summed E-state index contributed by atoms with van der Waals surface area (Å²) in [5.41, 5.74) is 0.831. The zero-order valence-corrected chi connectivity index (χ0v) is 10.4. The average molecular weight is 233 g/mol. The van der Waals surface area contributed by atoms with Crippen molar-refractivity contribution >= 4 is 16.9 Å². The first-order valence-electron chi connectivity index (χ1n) is 6.10. The number of aromatic nitrogens is 3. The van der Waals surface area contributed by atoms with Crippen LogP contribution in [0.15, 0.2) is 18.3 Å². The summed E-state index contributed by atoms with van der Waals surface area (Å²) in [6.07, 6.45) is 1.76. The van der Waals surface area contributed by atoms with Gasteiger partial charge < -0.3 is 10.2 Å². The molecule has 0 spiro atoms. The summed E-state index contributed by atoms with van der Waals surface area (Å²) in [5.74, 6) is 0.889. The summed E-state index contributed by atoms with van der Waals surface area (Å²) in [5, 5.41) is 11.5. The molecule has 92 valence electrons. The van der Waals surface area contributed by atoms with Crippen molar-refractivity contribution in [1.82, 2.24) is 20.1 Å². The van der Waals surface area contributed by atoms with Crippen LogP contribution in [0.25, 0.3) is 11.0 Å². The molecule has 0 unspecified atom stereocenters. The second-order valence-electron chi connectivity index (χ2n) is 3.93. The predicted molar refractivity (Wildman–Crippen MR) is 70.2 cm³/mol. The number of pyridine rings is 1. The number of nitrogens with one attached hydrogen (secondary N) is 2. The van der Waals surface area contributed by atoms with Gasteiger partial charge in [0.15, 0.2) is 11.5 Å². The van der Waals surface area contributed by atoms with Gasteiger partial charge in [-0.2, -0.15) is 5.10 Å². The van der Waals surface area contributed by atoms with Gasteiger partial charge in [0, 0.05) is 19.3 Å². The third-order valence-corrected chi connectivity index (χ3v) is 2.95. The largest absolute Gasteiger partial charge is 0.367 e. The normalized spacial score (nSPS) is 11.2. The van der Waals surface area contributed by atoms with Gasteiger partial charge in [-0.3, -0.25) is 5.10 Å². The first-order valence-corrected chi connectivity index (χ1v) is 6.10. The van der Waals surface area contributed by atoms with E-state index < -0.39 is 0 Å². The van der Waals surface area contributed by atoms with E-state index in [1.807, 2.05) is 12.1 Å². The summed E-state index contributed by atoms with van der Waals surface area (Å²) >= 11 is 0.